The highest BCUT2D eigenvalue weighted by atomic mass is 19.1. The number of piperidine rings is 1. The maximum atomic E-state index is 17.3. The largest absolute Gasteiger partial charge is 0.508 e. The Morgan fingerprint density at radius 3 is 2.47 bits per heavy atom. The number of anilines is 1. The zero-order valence-electron chi connectivity index (χ0n) is 30.4. The number of hydrogen-bond acceptors (Lipinski definition) is 10. The van der Waals surface area contributed by atoms with Gasteiger partial charge in [-0.25, -0.2) is 13.8 Å². The molecule has 5 fully saturated rings. The van der Waals surface area contributed by atoms with E-state index in [2.05, 4.69) is 32.8 Å². The van der Waals surface area contributed by atoms with E-state index in [4.69, 9.17) is 27.3 Å². The van der Waals surface area contributed by atoms with Crippen LogP contribution in [0.5, 0.6) is 17.6 Å². The van der Waals surface area contributed by atoms with E-state index in [9.17, 15) is 15.2 Å². The smallest absolute Gasteiger partial charge is 0.319 e. The third-order valence-corrected chi connectivity index (χ3v) is 12.2. The van der Waals surface area contributed by atoms with Crippen LogP contribution in [0, 0.1) is 70.8 Å². The van der Waals surface area contributed by atoms with Crippen molar-refractivity contribution in [1.82, 2.24) is 24.8 Å². The lowest BCUT2D eigenvalue weighted by Gasteiger charge is -2.42. The van der Waals surface area contributed by atoms with Crippen molar-refractivity contribution in [3.63, 3.8) is 0 Å². The minimum atomic E-state index is -0.936. The Morgan fingerprint density at radius 2 is 1.82 bits per heavy atom. The van der Waals surface area contributed by atoms with Crippen LogP contribution in [0.1, 0.15) is 44.1 Å². The van der Waals surface area contributed by atoms with Crippen LogP contribution in [0.4, 0.5) is 14.6 Å². The minimum Gasteiger partial charge on any atom is -0.508 e. The highest BCUT2D eigenvalue weighted by molar-refractivity contribution is 6.04. The molecule has 1 N–H and O–H groups in total. The number of hydrogen-bond donors (Lipinski definition) is 1. The van der Waals surface area contributed by atoms with Crippen LogP contribution in [-0.2, 0) is 4.79 Å². The number of pyridine rings is 1. The molecule has 2 aliphatic carbocycles. The van der Waals surface area contributed by atoms with Gasteiger partial charge in [-0.3, -0.25) is 4.79 Å². The number of nitrogens with zero attached hydrogens (tertiary/aromatic N) is 7. The summed E-state index contributed by atoms with van der Waals surface area (Å²) in [7, 11) is 1.40. The molecule has 11 nitrogen and oxygen atoms in total. The fourth-order valence-corrected chi connectivity index (χ4v) is 9.24. The summed E-state index contributed by atoms with van der Waals surface area (Å²) < 4.78 is 44.6. The predicted octanol–water partition coefficient (Wildman–Crippen LogP) is 5.27. The molecule has 5 aliphatic rings. The number of piperazine rings is 1. The summed E-state index contributed by atoms with van der Waals surface area (Å²) >= 11 is 0. The first-order chi connectivity index (χ1) is 26.6. The molecule has 5 heterocycles. The van der Waals surface area contributed by atoms with Gasteiger partial charge in [0.15, 0.2) is 5.82 Å². The molecule has 1 amide bonds. The van der Waals surface area contributed by atoms with Gasteiger partial charge in [-0.1, -0.05) is 12.0 Å². The first kappa shape index (κ1) is 35.0. The van der Waals surface area contributed by atoms with Gasteiger partial charge < -0.3 is 29.3 Å². The van der Waals surface area contributed by atoms with E-state index < -0.39 is 17.6 Å². The number of phenols is 1. The van der Waals surface area contributed by atoms with Gasteiger partial charge in [0.05, 0.1) is 25.3 Å². The van der Waals surface area contributed by atoms with Crippen molar-refractivity contribution in [2.24, 2.45) is 23.2 Å². The zero-order chi connectivity index (χ0) is 38.2. The minimum absolute atomic E-state index is 0.00113. The second kappa shape index (κ2) is 13.2. The van der Waals surface area contributed by atoms with Crippen molar-refractivity contribution in [1.29, 1.82) is 5.26 Å². The Kier molecular flexibility index (Phi) is 8.43. The number of methoxy groups -OCH3 is 1. The number of carbonyl (C=O) groups excluding carboxylic acids is 1. The molecular formula is C42H39F2N7O4. The van der Waals surface area contributed by atoms with E-state index >= 15 is 8.78 Å². The molecule has 5 atom stereocenters. The molecule has 9 rings (SSSR count). The number of aromatic hydroxyl groups is 1. The second-order valence-corrected chi connectivity index (χ2v) is 15.9. The summed E-state index contributed by atoms with van der Waals surface area (Å²) in [4.78, 5) is 34.0. The van der Waals surface area contributed by atoms with Crippen molar-refractivity contribution < 1.29 is 28.2 Å². The number of terminal acetylenes is 2. The molecular weight excluding hydrogens is 705 g/mol. The van der Waals surface area contributed by atoms with Crippen molar-refractivity contribution in [2.45, 2.75) is 50.6 Å². The number of halogens is 2. The van der Waals surface area contributed by atoms with Gasteiger partial charge in [0.25, 0.3) is 0 Å². The number of aromatic nitrogens is 3. The van der Waals surface area contributed by atoms with E-state index in [-0.39, 0.29) is 80.6 Å². The lowest BCUT2D eigenvalue weighted by atomic mass is 9.95. The SMILES string of the molecule is C#CCC(C#N)C(=O)N1C2CCC1CN(c1nc(OCC3(CN4CC5CC5C4)CC3)nc3c(F)c(-c4cc(O)cc5ccc(F)c(C#C)c45)nc(OC)c13)C2. The average Bonchev–Trinajstić information content (AvgIpc) is 4.07. The topological polar surface area (TPSA) is 128 Å². The van der Waals surface area contributed by atoms with E-state index in [0.29, 0.717) is 43.7 Å². The molecule has 2 bridgehead atoms. The quantitative estimate of drug-likeness (QED) is 0.215. The van der Waals surface area contributed by atoms with Crippen LogP contribution in [0.25, 0.3) is 32.9 Å². The van der Waals surface area contributed by atoms with E-state index in [0.717, 1.165) is 44.3 Å². The summed E-state index contributed by atoms with van der Waals surface area (Å²) in [6.07, 6.45) is 16.0. The van der Waals surface area contributed by atoms with E-state index in [1.54, 1.807) is 4.90 Å². The number of amides is 1. The fourth-order valence-electron chi connectivity index (χ4n) is 9.24. The Labute approximate surface area is 317 Å². The molecule has 2 saturated carbocycles. The lowest BCUT2D eigenvalue weighted by Crippen LogP contribution is -2.57. The van der Waals surface area contributed by atoms with Crippen molar-refractivity contribution >= 4 is 33.4 Å². The summed E-state index contributed by atoms with van der Waals surface area (Å²) in [5.74, 6) is 3.83. The van der Waals surface area contributed by atoms with Crippen LogP contribution in [0.3, 0.4) is 0 Å². The van der Waals surface area contributed by atoms with Crippen LogP contribution >= 0.6 is 0 Å². The van der Waals surface area contributed by atoms with Crippen LogP contribution in [0.15, 0.2) is 24.3 Å². The third-order valence-electron chi connectivity index (χ3n) is 12.2. The van der Waals surface area contributed by atoms with Crippen molar-refractivity contribution in [3.8, 4) is 59.7 Å². The number of likely N-dealkylation sites (tertiary alicyclic amines) is 1. The Hall–Kier alpha value is -5.71. The molecule has 280 valence electrons. The first-order valence-electron chi connectivity index (χ1n) is 18.8. The molecule has 13 heteroatoms. The highest BCUT2D eigenvalue weighted by Gasteiger charge is 2.51. The summed E-state index contributed by atoms with van der Waals surface area (Å²) in [6, 6.07) is 6.94. The van der Waals surface area contributed by atoms with E-state index in [1.165, 1.54) is 37.8 Å². The number of nitriles is 1. The fraction of sp³-hybridized carbons (Fsp3) is 0.452. The normalized spacial score (nSPS) is 23.9. The molecule has 5 unspecified atom stereocenters. The Balaban J connectivity index is 1.15. The first-order valence-corrected chi connectivity index (χ1v) is 18.8. The number of fused-ring (bicyclic) bond motifs is 5. The maximum absolute atomic E-state index is 17.3. The molecule has 2 aromatic carbocycles. The third kappa shape index (κ3) is 6.00. The van der Waals surface area contributed by atoms with Gasteiger partial charge in [-0.15, -0.1) is 18.8 Å². The monoisotopic (exact) mass is 743 g/mol. The average molecular weight is 744 g/mol. The molecule has 3 saturated heterocycles. The predicted molar refractivity (Wildman–Crippen MR) is 200 cm³/mol. The van der Waals surface area contributed by atoms with Crippen LogP contribution in [-0.4, -0.2) is 94.3 Å². The number of carbonyl (C=O) groups is 1. The summed E-state index contributed by atoms with van der Waals surface area (Å²) in [5.41, 5.74) is -0.459. The molecule has 0 radical (unpaired) electrons. The standard InChI is InChI=1S/C42H39F2N7O4/c1-4-6-24(16-45)40(53)51-27-8-9-28(51)20-50(19-27)38-34-37(47-41(48-38)55-22-42(11-12-42)21-49-17-25-13-26(25)18-49)35(44)36(46-39(34)54-3)31-15-29(52)14-23-7-10-32(43)30(5-2)33(23)31/h1-2,7,10,14-15,24-28,52H,6,8-9,11-13,17-22H2,3H3. The van der Waals surface area contributed by atoms with Crippen molar-refractivity contribution in [3.05, 3.63) is 41.5 Å². The Bertz CT molecular complexity index is 2370. The maximum Gasteiger partial charge on any atom is 0.319 e. The van der Waals surface area contributed by atoms with E-state index in [1.807, 2.05) is 4.90 Å². The van der Waals surface area contributed by atoms with Crippen molar-refractivity contribution in [2.75, 3.05) is 51.3 Å². The van der Waals surface area contributed by atoms with Gasteiger partial charge in [-0.05, 0) is 67.5 Å². The second-order valence-electron chi connectivity index (χ2n) is 15.9. The van der Waals surface area contributed by atoms with Gasteiger partial charge in [0.1, 0.15) is 39.9 Å². The van der Waals surface area contributed by atoms with Gasteiger partial charge in [0, 0.05) is 67.6 Å². The number of rotatable bonds is 10. The number of phenolic OH excluding ortho intramolecular Hbond substituents is 1. The molecule has 2 aromatic heterocycles. The number of ether oxygens (including phenoxy) is 2. The molecule has 0 spiro atoms. The van der Waals surface area contributed by atoms with Gasteiger partial charge in [0.2, 0.25) is 11.8 Å². The highest BCUT2D eigenvalue weighted by Crippen LogP contribution is 2.51. The summed E-state index contributed by atoms with van der Waals surface area (Å²) in [5, 5.41) is 21.2. The van der Waals surface area contributed by atoms with Crippen LogP contribution in [0.2, 0.25) is 0 Å². The number of benzene rings is 2. The molecule has 4 aromatic rings. The zero-order valence-corrected chi connectivity index (χ0v) is 30.4. The lowest BCUT2D eigenvalue weighted by molar-refractivity contribution is -0.137. The molecule has 3 aliphatic heterocycles. The van der Waals surface area contributed by atoms with Gasteiger partial charge >= 0.3 is 6.01 Å². The Morgan fingerprint density at radius 1 is 1.07 bits per heavy atom. The molecule has 55 heavy (non-hydrogen) atoms. The summed E-state index contributed by atoms with van der Waals surface area (Å²) in [6.45, 7) is 4.22. The van der Waals surface area contributed by atoms with Crippen LogP contribution < -0.4 is 14.4 Å². The van der Waals surface area contributed by atoms with Gasteiger partial charge in [-0.2, -0.15) is 15.2 Å².